The number of hydrogen-bond donors (Lipinski definition) is 1. The number of carbonyl (C=O) groups is 1. The summed E-state index contributed by atoms with van der Waals surface area (Å²) in [5.74, 6) is 2.88. The number of hydrogen-bond acceptors (Lipinski definition) is 4. The van der Waals surface area contributed by atoms with Crippen molar-refractivity contribution in [2.24, 2.45) is 11.8 Å². The van der Waals surface area contributed by atoms with E-state index < -0.39 is 0 Å². The van der Waals surface area contributed by atoms with Crippen molar-refractivity contribution in [2.45, 2.75) is 44.9 Å². The third kappa shape index (κ3) is 3.06. The van der Waals surface area contributed by atoms with E-state index in [2.05, 4.69) is 10.2 Å². The van der Waals surface area contributed by atoms with Crippen LogP contribution in [-0.4, -0.2) is 42.6 Å². The first kappa shape index (κ1) is 14.3. The third-order valence-corrected chi connectivity index (χ3v) is 5.01. The first-order valence-corrected chi connectivity index (χ1v) is 8.38. The molecule has 0 aromatic carbocycles. The van der Waals surface area contributed by atoms with Crippen LogP contribution < -0.4 is 5.32 Å². The van der Waals surface area contributed by atoms with Crippen LogP contribution in [0.4, 0.5) is 0 Å². The summed E-state index contributed by atoms with van der Waals surface area (Å²) in [6.07, 6.45) is 3.61. The van der Waals surface area contributed by atoms with Crippen LogP contribution >= 0.6 is 0 Å². The first-order valence-electron chi connectivity index (χ1n) is 8.38. The molecule has 2 bridgehead atoms. The van der Waals surface area contributed by atoms with Crippen molar-refractivity contribution in [3.63, 3.8) is 0 Å². The molecular weight excluding hydrogens is 280 g/mol. The van der Waals surface area contributed by atoms with Gasteiger partial charge in [0.25, 0.3) is 0 Å². The number of likely N-dealkylation sites (tertiary alicyclic amines) is 1. The quantitative estimate of drug-likeness (QED) is 0.899. The van der Waals surface area contributed by atoms with E-state index in [0.717, 1.165) is 50.0 Å². The average molecular weight is 304 g/mol. The highest BCUT2D eigenvalue weighted by Gasteiger charge is 2.44. The zero-order valence-corrected chi connectivity index (χ0v) is 13.1. The Morgan fingerprint density at radius 3 is 2.95 bits per heavy atom. The lowest BCUT2D eigenvalue weighted by molar-refractivity contribution is -0.128. The molecule has 4 rings (SSSR count). The summed E-state index contributed by atoms with van der Waals surface area (Å²) in [5, 5.41) is 3.11. The van der Waals surface area contributed by atoms with Crippen molar-refractivity contribution in [3.8, 4) is 0 Å². The normalized spacial score (nSPS) is 31.4. The Hall–Kier alpha value is -1.33. The fourth-order valence-corrected chi connectivity index (χ4v) is 3.63. The molecule has 0 unspecified atom stereocenters. The average Bonchev–Trinajstić information content (AvgIpc) is 3.16. The van der Waals surface area contributed by atoms with Gasteiger partial charge in [0.15, 0.2) is 0 Å². The summed E-state index contributed by atoms with van der Waals surface area (Å²) >= 11 is 0. The second-order valence-electron chi connectivity index (χ2n) is 7.03. The molecule has 3 heterocycles. The standard InChI is InChI=1S/C17H24N2O3/c1-11-2-5-13(21-11)8-19-9-14-6-15(16(10-19)22-14)17(20)18-7-12-3-4-12/h2,5,12,14-16H,3-4,6-10H2,1H3,(H,18,20)/t14-,15+,16-/m1/s1. The monoisotopic (exact) mass is 304 g/mol. The molecule has 120 valence electrons. The molecule has 1 saturated carbocycles. The van der Waals surface area contributed by atoms with Crippen LogP contribution in [0.2, 0.25) is 0 Å². The molecular formula is C17H24N2O3. The highest BCUT2D eigenvalue weighted by Crippen LogP contribution is 2.33. The molecule has 3 aliphatic rings. The van der Waals surface area contributed by atoms with Crippen molar-refractivity contribution < 1.29 is 13.9 Å². The molecule has 22 heavy (non-hydrogen) atoms. The zero-order valence-electron chi connectivity index (χ0n) is 13.1. The van der Waals surface area contributed by atoms with Crippen molar-refractivity contribution >= 4 is 5.91 Å². The van der Waals surface area contributed by atoms with E-state index in [4.69, 9.17) is 9.15 Å². The van der Waals surface area contributed by atoms with Crippen LogP contribution in [0.5, 0.6) is 0 Å². The molecule has 3 atom stereocenters. The fraction of sp³-hybridized carbons (Fsp3) is 0.706. The lowest BCUT2D eigenvalue weighted by Gasteiger charge is -2.32. The fourth-order valence-electron chi connectivity index (χ4n) is 3.63. The van der Waals surface area contributed by atoms with E-state index in [-0.39, 0.29) is 24.0 Å². The van der Waals surface area contributed by atoms with Gasteiger partial charge in [-0.1, -0.05) is 0 Å². The third-order valence-electron chi connectivity index (χ3n) is 5.01. The number of carbonyl (C=O) groups excluding carboxylic acids is 1. The predicted octanol–water partition coefficient (Wildman–Crippen LogP) is 1.70. The van der Waals surface area contributed by atoms with E-state index in [0.29, 0.717) is 0 Å². The molecule has 0 spiro atoms. The van der Waals surface area contributed by atoms with Gasteiger partial charge in [-0.15, -0.1) is 0 Å². The number of amides is 1. The Balaban J connectivity index is 1.33. The number of nitrogens with zero attached hydrogens (tertiary/aromatic N) is 1. The van der Waals surface area contributed by atoms with Crippen molar-refractivity contribution in [3.05, 3.63) is 23.7 Å². The Labute approximate surface area is 131 Å². The summed E-state index contributed by atoms with van der Waals surface area (Å²) in [7, 11) is 0. The van der Waals surface area contributed by atoms with Crippen molar-refractivity contribution in [1.82, 2.24) is 10.2 Å². The van der Waals surface area contributed by atoms with E-state index in [1.165, 1.54) is 12.8 Å². The molecule has 5 heteroatoms. The van der Waals surface area contributed by atoms with Gasteiger partial charge in [-0.05, 0) is 44.2 Å². The van der Waals surface area contributed by atoms with Gasteiger partial charge < -0.3 is 14.5 Å². The SMILES string of the molecule is Cc1ccc(CN2C[C@H]3C[C@H](C(=O)NCC4CC4)[C@@H](C2)O3)o1. The molecule has 5 nitrogen and oxygen atoms in total. The number of aryl methyl sites for hydroxylation is 1. The summed E-state index contributed by atoms with van der Waals surface area (Å²) in [6.45, 7) is 5.33. The number of furan rings is 1. The second kappa shape index (κ2) is 5.70. The number of morpholine rings is 1. The Bertz CT molecular complexity index is 552. The second-order valence-corrected chi connectivity index (χ2v) is 7.03. The Morgan fingerprint density at radius 1 is 1.36 bits per heavy atom. The molecule has 1 N–H and O–H groups in total. The molecule has 0 radical (unpaired) electrons. The Morgan fingerprint density at radius 2 is 2.23 bits per heavy atom. The number of ether oxygens (including phenoxy) is 1. The van der Waals surface area contributed by atoms with Gasteiger partial charge in [-0.3, -0.25) is 9.69 Å². The maximum atomic E-state index is 12.4. The largest absolute Gasteiger partial charge is 0.465 e. The minimum absolute atomic E-state index is 0.0205. The summed E-state index contributed by atoms with van der Waals surface area (Å²) in [5.41, 5.74) is 0. The highest BCUT2D eigenvalue weighted by atomic mass is 16.5. The van der Waals surface area contributed by atoms with Crippen LogP contribution in [0.3, 0.4) is 0 Å². The van der Waals surface area contributed by atoms with E-state index in [1.807, 2.05) is 19.1 Å². The van der Waals surface area contributed by atoms with Crippen LogP contribution in [0.25, 0.3) is 0 Å². The van der Waals surface area contributed by atoms with Gasteiger partial charge in [-0.2, -0.15) is 0 Å². The van der Waals surface area contributed by atoms with Gasteiger partial charge in [0.1, 0.15) is 11.5 Å². The molecule has 3 fully saturated rings. The van der Waals surface area contributed by atoms with Crippen LogP contribution in [0.15, 0.2) is 16.5 Å². The van der Waals surface area contributed by atoms with Gasteiger partial charge >= 0.3 is 0 Å². The van der Waals surface area contributed by atoms with Crippen LogP contribution in [-0.2, 0) is 16.1 Å². The van der Waals surface area contributed by atoms with E-state index >= 15 is 0 Å². The van der Waals surface area contributed by atoms with Crippen molar-refractivity contribution in [1.29, 1.82) is 0 Å². The lowest BCUT2D eigenvalue weighted by Crippen LogP contribution is -2.45. The summed E-state index contributed by atoms with van der Waals surface area (Å²) in [4.78, 5) is 14.7. The van der Waals surface area contributed by atoms with Gasteiger partial charge in [-0.25, -0.2) is 0 Å². The Kier molecular flexibility index (Phi) is 3.70. The number of rotatable bonds is 5. The molecule has 1 amide bonds. The molecule has 2 saturated heterocycles. The maximum Gasteiger partial charge on any atom is 0.225 e. The topological polar surface area (TPSA) is 54.7 Å². The molecule has 2 aliphatic heterocycles. The number of nitrogens with one attached hydrogen (secondary N) is 1. The minimum Gasteiger partial charge on any atom is -0.465 e. The van der Waals surface area contributed by atoms with Crippen LogP contribution in [0.1, 0.15) is 30.8 Å². The number of fused-ring (bicyclic) bond motifs is 2. The minimum atomic E-state index is 0.0205. The zero-order chi connectivity index (χ0) is 15.1. The molecule has 1 aromatic rings. The maximum absolute atomic E-state index is 12.4. The first-order chi connectivity index (χ1) is 10.7. The van der Waals surface area contributed by atoms with Gasteiger partial charge in [0.2, 0.25) is 5.91 Å². The summed E-state index contributed by atoms with van der Waals surface area (Å²) in [6, 6.07) is 4.03. The van der Waals surface area contributed by atoms with Crippen molar-refractivity contribution in [2.75, 3.05) is 19.6 Å². The van der Waals surface area contributed by atoms with Crippen LogP contribution in [0, 0.1) is 18.8 Å². The highest BCUT2D eigenvalue weighted by molar-refractivity contribution is 5.79. The van der Waals surface area contributed by atoms with Gasteiger partial charge in [0.05, 0.1) is 24.7 Å². The van der Waals surface area contributed by atoms with Gasteiger partial charge in [0, 0.05) is 19.6 Å². The predicted molar refractivity (Wildman–Crippen MR) is 81.2 cm³/mol. The molecule has 1 aromatic heterocycles. The summed E-state index contributed by atoms with van der Waals surface area (Å²) < 4.78 is 11.7. The van der Waals surface area contributed by atoms with E-state index in [1.54, 1.807) is 0 Å². The van der Waals surface area contributed by atoms with E-state index in [9.17, 15) is 4.79 Å². The smallest absolute Gasteiger partial charge is 0.225 e. The molecule has 1 aliphatic carbocycles. The lowest BCUT2D eigenvalue weighted by atomic mass is 9.99.